The van der Waals surface area contributed by atoms with Gasteiger partial charge in [-0.2, -0.15) is 0 Å². The van der Waals surface area contributed by atoms with Gasteiger partial charge < -0.3 is 20.3 Å². The van der Waals surface area contributed by atoms with Crippen LogP contribution in [0.5, 0.6) is 5.75 Å². The maximum Gasteiger partial charge on any atom is 0.415 e. The van der Waals surface area contributed by atoms with Gasteiger partial charge in [0.05, 0.1) is 6.20 Å². The molecule has 0 aliphatic carbocycles. The summed E-state index contributed by atoms with van der Waals surface area (Å²) in [6, 6.07) is 12.4. The summed E-state index contributed by atoms with van der Waals surface area (Å²) in [7, 11) is 0. The largest absolute Gasteiger partial charge is 0.415 e. The van der Waals surface area contributed by atoms with E-state index in [1.807, 2.05) is 12.1 Å². The highest BCUT2D eigenvalue weighted by molar-refractivity contribution is 5.70. The summed E-state index contributed by atoms with van der Waals surface area (Å²) < 4.78 is 5.57. The van der Waals surface area contributed by atoms with Gasteiger partial charge in [-0.3, -0.25) is 4.98 Å². The lowest BCUT2D eigenvalue weighted by atomic mass is 10.1. The van der Waals surface area contributed by atoms with Crippen molar-refractivity contribution in [2.75, 3.05) is 39.3 Å². The number of hydrogen-bond acceptors (Lipinski definition) is 5. The van der Waals surface area contributed by atoms with Gasteiger partial charge >= 0.3 is 6.09 Å². The summed E-state index contributed by atoms with van der Waals surface area (Å²) in [4.78, 5) is 21.0. The van der Waals surface area contributed by atoms with Crippen LogP contribution < -0.4 is 10.5 Å². The third kappa shape index (κ3) is 6.32. The Kier molecular flexibility index (Phi) is 7.82. The molecule has 0 bridgehead atoms. The van der Waals surface area contributed by atoms with Crippen molar-refractivity contribution < 1.29 is 9.53 Å². The Hall–Kier alpha value is -2.44. The molecule has 1 aliphatic rings. The molecule has 150 valence electrons. The molecule has 1 aromatic carbocycles. The fourth-order valence-electron chi connectivity index (χ4n) is 3.44. The Labute approximate surface area is 167 Å². The van der Waals surface area contributed by atoms with Crippen LogP contribution in [0.15, 0.2) is 48.8 Å². The summed E-state index contributed by atoms with van der Waals surface area (Å²) in [5, 5.41) is 0. The molecule has 0 saturated carbocycles. The van der Waals surface area contributed by atoms with Gasteiger partial charge in [0.25, 0.3) is 0 Å². The first-order valence-electron chi connectivity index (χ1n) is 10.1. The predicted octanol–water partition coefficient (Wildman–Crippen LogP) is 2.72. The molecule has 2 heterocycles. The molecule has 0 radical (unpaired) electrons. The molecule has 28 heavy (non-hydrogen) atoms. The number of amides is 1. The van der Waals surface area contributed by atoms with Crippen molar-refractivity contribution in [3.8, 4) is 5.75 Å². The molecule has 1 amide bonds. The molecule has 2 aromatic rings. The van der Waals surface area contributed by atoms with Crippen molar-refractivity contribution >= 4 is 6.09 Å². The fourth-order valence-corrected chi connectivity index (χ4v) is 3.44. The van der Waals surface area contributed by atoms with Crippen LogP contribution in [0.25, 0.3) is 0 Å². The number of nitrogens with zero attached hydrogens (tertiary/aromatic N) is 3. The zero-order chi connectivity index (χ0) is 19.6. The van der Waals surface area contributed by atoms with Gasteiger partial charge in [-0.15, -0.1) is 0 Å². The van der Waals surface area contributed by atoms with Crippen LogP contribution in [-0.4, -0.2) is 60.1 Å². The van der Waals surface area contributed by atoms with E-state index < -0.39 is 0 Å². The molecule has 2 N–H and O–H groups in total. The first-order chi connectivity index (χ1) is 13.7. The first-order valence-corrected chi connectivity index (χ1v) is 10.1. The second-order valence-electron chi connectivity index (χ2n) is 7.21. The van der Waals surface area contributed by atoms with Crippen molar-refractivity contribution in [2.45, 2.75) is 25.7 Å². The lowest BCUT2D eigenvalue weighted by molar-refractivity contribution is 0.153. The molecule has 0 unspecified atom stereocenters. The topological polar surface area (TPSA) is 71.7 Å². The number of carbonyl (C=O) groups excluding carboxylic acids is 1. The third-order valence-corrected chi connectivity index (χ3v) is 5.05. The lowest BCUT2D eigenvalue weighted by Gasteiger charge is -2.21. The highest BCUT2D eigenvalue weighted by atomic mass is 16.6. The Morgan fingerprint density at radius 2 is 1.89 bits per heavy atom. The van der Waals surface area contributed by atoms with Crippen LogP contribution in [0.1, 0.15) is 24.0 Å². The highest BCUT2D eigenvalue weighted by Crippen LogP contribution is 2.15. The fraction of sp³-hybridized carbons (Fsp3) is 0.455. The summed E-state index contributed by atoms with van der Waals surface area (Å²) in [5.41, 5.74) is 7.95. The quantitative estimate of drug-likeness (QED) is 0.797. The van der Waals surface area contributed by atoms with E-state index in [0.717, 1.165) is 57.4 Å². The summed E-state index contributed by atoms with van der Waals surface area (Å²) in [6.07, 6.45) is 6.82. The van der Waals surface area contributed by atoms with E-state index in [4.69, 9.17) is 10.5 Å². The van der Waals surface area contributed by atoms with Gasteiger partial charge in [0.2, 0.25) is 0 Å². The van der Waals surface area contributed by atoms with Gasteiger partial charge in [0, 0.05) is 32.4 Å². The van der Waals surface area contributed by atoms with Crippen LogP contribution in [0, 0.1) is 0 Å². The number of pyridine rings is 1. The van der Waals surface area contributed by atoms with Gasteiger partial charge in [0.1, 0.15) is 0 Å². The van der Waals surface area contributed by atoms with Crippen molar-refractivity contribution in [2.24, 2.45) is 5.73 Å². The molecular formula is C22H30N4O2. The number of nitrogens with two attached hydrogens (primary N) is 1. The average molecular weight is 383 g/mol. The van der Waals surface area contributed by atoms with E-state index >= 15 is 0 Å². The zero-order valence-electron chi connectivity index (χ0n) is 16.4. The number of hydrogen-bond donors (Lipinski definition) is 1. The normalized spacial score (nSPS) is 15.2. The van der Waals surface area contributed by atoms with Crippen LogP contribution in [0.4, 0.5) is 4.79 Å². The lowest BCUT2D eigenvalue weighted by Crippen LogP contribution is -2.37. The number of aryl methyl sites for hydroxylation is 1. The molecule has 1 fully saturated rings. The van der Waals surface area contributed by atoms with Crippen LogP contribution in [0.3, 0.4) is 0 Å². The third-order valence-electron chi connectivity index (χ3n) is 5.05. The number of benzene rings is 1. The van der Waals surface area contributed by atoms with Crippen LogP contribution in [-0.2, 0) is 12.8 Å². The summed E-state index contributed by atoms with van der Waals surface area (Å²) in [5.74, 6) is 0.504. The monoisotopic (exact) mass is 382 g/mol. The maximum absolute atomic E-state index is 12.6. The molecule has 0 spiro atoms. The molecule has 1 aliphatic heterocycles. The van der Waals surface area contributed by atoms with Gasteiger partial charge in [0.15, 0.2) is 5.75 Å². The predicted molar refractivity (Wildman–Crippen MR) is 110 cm³/mol. The van der Waals surface area contributed by atoms with E-state index in [9.17, 15) is 4.79 Å². The summed E-state index contributed by atoms with van der Waals surface area (Å²) >= 11 is 0. The van der Waals surface area contributed by atoms with E-state index in [0.29, 0.717) is 18.8 Å². The molecule has 3 rings (SSSR count). The SMILES string of the molecule is NCCCc1cncc(OC(=O)N2CCCN(CCc3ccccc3)CC2)c1. The van der Waals surface area contributed by atoms with Crippen LogP contribution in [0.2, 0.25) is 0 Å². The summed E-state index contributed by atoms with van der Waals surface area (Å²) in [6.45, 7) is 4.94. The highest BCUT2D eigenvalue weighted by Gasteiger charge is 2.20. The maximum atomic E-state index is 12.6. The second-order valence-corrected chi connectivity index (χ2v) is 7.21. The minimum absolute atomic E-state index is 0.289. The average Bonchev–Trinajstić information content (AvgIpc) is 2.97. The van der Waals surface area contributed by atoms with E-state index in [2.05, 4.69) is 34.1 Å². The van der Waals surface area contributed by atoms with Crippen molar-refractivity contribution in [1.82, 2.24) is 14.8 Å². The van der Waals surface area contributed by atoms with E-state index in [1.165, 1.54) is 5.56 Å². The molecule has 6 heteroatoms. The van der Waals surface area contributed by atoms with Crippen molar-refractivity contribution in [3.63, 3.8) is 0 Å². The van der Waals surface area contributed by atoms with E-state index in [-0.39, 0.29) is 6.09 Å². The Morgan fingerprint density at radius 1 is 1.04 bits per heavy atom. The molecule has 0 atom stereocenters. The molecule has 1 aromatic heterocycles. The van der Waals surface area contributed by atoms with Gasteiger partial charge in [-0.25, -0.2) is 4.79 Å². The van der Waals surface area contributed by atoms with Gasteiger partial charge in [-0.1, -0.05) is 30.3 Å². The number of carbonyl (C=O) groups is 1. The second kappa shape index (κ2) is 10.8. The number of ether oxygens (including phenoxy) is 1. The number of rotatable bonds is 7. The van der Waals surface area contributed by atoms with E-state index in [1.54, 1.807) is 17.3 Å². The Morgan fingerprint density at radius 3 is 2.71 bits per heavy atom. The van der Waals surface area contributed by atoms with Crippen molar-refractivity contribution in [1.29, 1.82) is 0 Å². The Bertz CT molecular complexity index is 738. The minimum Gasteiger partial charge on any atom is -0.409 e. The molecule has 6 nitrogen and oxygen atoms in total. The zero-order valence-corrected chi connectivity index (χ0v) is 16.4. The molecular weight excluding hydrogens is 352 g/mol. The van der Waals surface area contributed by atoms with Crippen LogP contribution >= 0.6 is 0 Å². The number of aromatic nitrogens is 1. The van der Waals surface area contributed by atoms with Crippen molar-refractivity contribution in [3.05, 3.63) is 59.9 Å². The first kappa shape index (κ1) is 20.3. The Balaban J connectivity index is 1.47. The standard InChI is InChI=1S/C22H30N4O2/c23-10-4-8-20-16-21(18-24-17-20)28-22(27)26-12-5-11-25(14-15-26)13-9-19-6-2-1-3-7-19/h1-3,6-7,16-18H,4-5,8-15,23H2. The minimum atomic E-state index is -0.289. The molecule has 1 saturated heterocycles. The smallest absolute Gasteiger partial charge is 0.409 e. The van der Waals surface area contributed by atoms with Gasteiger partial charge in [-0.05, 0) is 56.0 Å².